The Balaban J connectivity index is 2.98. The Hall–Kier alpha value is -1.55. The summed E-state index contributed by atoms with van der Waals surface area (Å²) in [6, 6.07) is 5.77. The molecule has 1 rings (SSSR count). The van der Waals surface area contributed by atoms with Crippen LogP contribution in [0.25, 0.3) is 0 Å². The number of carbonyl (C=O) groups is 1. The molecule has 3 N–H and O–H groups in total. The second-order valence-electron chi connectivity index (χ2n) is 5.27. The fourth-order valence-electron chi connectivity index (χ4n) is 2.31. The van der Waals surface area contributed by atoms with E-state index in [1.807, 2.05) is 12.1 Å². The monoisotopic (exact) mass is 278 g/mol. The molecule has 0 spiro atoms. The van der Waals surface area contributed by atoms with Crippen molar-refractivity contribution < 1.29 is 9.90 Å². The van der Waals surface area contributed by atoms with Crippen LogP contribution in [0.3, 0.4) is 0 Å². The van der Waals surface area contributed by atoms with Crippen molar-refractivity contribution in [3.8, 4) is 0 Å². The van der Waals surface area contributed by atoms with Crippen LogP contribution in [-0.2, 0) is 6.54 Å². The molecule has 1 unspecified atom stereocenters. The van der Waals surface area contributed by atoms with Crippen molar-refractivity contribution in [1.82, 2.24) is 4.90 Å². The van der Waals surface area contributed by atoms with Crippen LogP contribution in [0.2, 0.25) is 0 Å². The molecule has 4 nitrogen and oxygen atoms in total. The molecular weight excluding hydrogens is 252 g/mol. The lowest BCUT2D eigenvalue weighted by atomic mass is 10.0. The highest BCUT2D eigenvalue weighted by Gasteiger charge is 2.18. The Kier molecular flexibility index (Phi) is 6.52. The molecule has 0 saturated carbocycles. The van der Waals surface area contributed by atoms with Crippen LogP contribution in [-0.4, -0.2) is 28.6 Å². The average molecular weight is 278 g/mol. The molecule has 112 valence electrons. The molecule has 0 saturated heterocycles. The highest BCUT2D eigenvalue weighted by atomic mass is 16.4. The number of carboxylic acids is 1. The van der Waals surface area contributed by atoms with E-state index in [0.29, 0.717) is 18.3 Å². The number of rotatable bonds is 8. The van der Waals surface area contributed by atoms with Crippen LogP contribution in [0.5, 0.6) is 0 Å². The molecule has 0 aliphatic carbocycles. The minimum atomic E-state index is -0.947. The second kappa shape index (κ2) is 7.90. The predicted octanol–water partition coefficient (Wildman–Crippen LogP) is 3.37. The summed E-state index contributed by atoms with van der Waals surface area (Å²) in [5, 5.41) is 9.33. The third-order valence-electron chi connectivity index (χ3n) is 3.78. The Labute approximate surface area is 121 Å². The number of benzene rings is 1. The lowest BCUT2D eigenvalue weighted by molar-refractivity contribution is 0.0694. The Bertz CT molecular complexity index is 446. The summed E-state index contributed by atoms with van der Waals surface area (Å²) in [6.45, 7) is 8.13. The van der Waals surface area contributed by atoms with Crippen molar-refractivity contribution in [2.75, 3.05) is 12.3 Å². The molecule has 0 aromatic heterocycles. The topological polar surface area (TPSA) is 66.6 Å². The van der Waals surface area contributed by atoms with E-state index in [1.165, 1.54) is 0 Å². The molecule has 1 aromatic rings. The zero-order valence-electron chi connectivity index (χ0n) is 12.7. The van der Waals surface area contributed by atoms with Crippen molar-refractivity contribution in [2.45, 2.75) is 52.6 Å². The van der Waals surface area contributed by atoms with E-state index in [2.05, 4.69) is 25.7 Å². The summed E-state index contributed by atoms with van der Waals surface area (Å²) < 4.78 is 0. The maximum absolute atomic E-state index is 11.4. The Morgan fingerprint density at radius 3 is 2.65 bits per heavy atom. The lowest BCUT2D eigenvalue weighted by Crippen LogP contribution is -2.33. The van der Waals surface area contributed by atoms with Crippen LogP contribution in [0, 0.1) is 0 Å². The minimum absolute atomic E-state index is 0.248. The van der Waals surface area contributed by atoms with Gasteiger partial charge < -0.3 is 10.8 Å². The molecule has 20 heavy (non-hydrogen) atoms. The second-order valence-corrected chi connectivity index (χ2v) is 5.27. The Morgan fingerprint density at radius 1 is 1.40 bits per heavy atom. The first kappa shape index (κ1) is 16.5. The highest BCUT2D eigenvalue weighted by molar-refractivity contribution is 5.95. The predicted molar refractivity (Wildman–Crippen MR) is 82.9 cm³/mol. The van der Waals surface area contributed by atoms with Crippen LogP contribution in [0.1, 0.15) is 56.0 Å². The van der Waals surface area contributed by atoms with E-state index in [9.17, 15) is 9.90 Å². The van der Waals surface area contributed by atoms with Crippen molar-refractivity contribution in [1.29, 1.82) is 0 Å². The number of hydrogen-bond donors (Lipinski definition) is 2. The maximum Gasteiger partial charge on any atom is 0.338 e. The molecule has 0 amide bonds. The fourth-order valence-corrected chi connectivity index (χ4v) is 2.31. The molecule has 0 heterocycles. The molecule has 0 bridgehead atoms. The van der Waals surface area contributed by atoms with Crippen LogP contribution < -0.4 is 5.73 Å². The molecule has 0 aliphatic heterocycles. The van der Waals surface area contributed by atoms with Gasteiger partial charge in [-0.2, -0.15) is 0 Å². The number of anilines is 1. The molecule has 0 fully saturated rings. The van der Waals surface area contributed by atoms with E-state index in [-0.39, 0.29) is 5.56 Å². The van der Waals surface area contributed by atoms with E-state index in [0.717, 1.165) is 31.4 Å². The molecule has 1 aromatic carbocycles. The number of carboxylic acid groups (broad SMARTS) is 1. The van der Waals surface area contributed by atoms with Gasteiger partial charge in [0.1, 0.15) is 0 Å². The van der Waals surface area contributed by atoms with Gasteiger partial charge in [-0.25, -0.2) is 4.79 Å². The quantitative estimate of drug-likeness (QED) is 0.715. The van der Waals surface area contributed by atoms with Gasteiger partial charge in [-0.05, 0) is 37.9 Å². The first-order valence-corrected chi connectivity index (χ1v) is 7.35. The van der Waals surface area contributed by atoms with Gasteiger partial charge in [0.15, 0.2) is 0 Å². The third-order valence-corrected chi connectivity index (χ3v) is 3.78. The smallest absolute Gasteiger partial charge is 0.338 e. The van der Waals surface area contributed by atoms with Gasteiger partial charge >= 0.3 is 5.97 Å². The number of nitrogen functional groups attached to an aromatic ring is 1. The summed E-state index contributed by atoms with van der Waals surface area (Å²) in [7, 11) is 0. The summed E-state index contributed by atoms with van der Waals surface area (Å²) in [5.41, 5.74) is 7.20. The molecular formula is C16H26N2O2. The first-order chi connectivity index (χ1) is 9.51. The zero-order chi connectivity index (χ0) is 15.1. The molecule has 0 radical (unpaired) electrons. The van der Waals surface area contributed by atoms with E-state index < -0.39 is 5.97 Å². The number of nitrogens with two attached hydrogens (primary N) is 1. The zero-order valence-corrected chi connectivity index (χ0v) is 12.7. The molecule has 0 aliphatic rings. The normalized spacial score (nSPS) is 12.6. The largest absolute Gasteiger partial charge is 0.478 e. The van der Waals surface area contributed by atoms with Gasteiger partial charge in [0.2, 0.25) is 0 Å². The Morgan fingerprint density at radius 2 is 2.10 bits per heavy atom. The minimum Gasteiger partial charge on any atom is -0.478 e. The van der Waals surface area contributed by atoms with Gasteiger partial charge in [-0.1, -0.05) is 32.4 Å². The van der Waals surface area contributed by atoms with Gasteiger partial charge in [0.25, 0.3) is 0 Å². The maximum atomic E-state index is 11.4. The van der Waals surface area contributed by atoms with E-state index in [1.54, 1.807) is 6.07 Å². The lowest BCUT2D eigenvalue weighted by Gasteiger charge is -2.29. The summed E-state index contributed by atoms with van der Waals surface area (Å²) in [6.07, 6.45) is 3.30. The summed E-state index contributed by atoms with van der Waals surface area (Å²) >= 11 is 0. The van der Waals surface area contributed by atoms with Crippen molar-refractivity contribution >= 4 is 11.7 Å². The number of aromatic carboxylic acids is 1. The highest BCUT2D eigenvalue weighted by Crippen LogP contribution is 2.20. The van der Waals surface area contributed by atoms with Crippen molar-refractivity contribution in [2.24, 2.45) is 0 Å². The fraction of sp³-hybridized carbons (Fsp3) is 0.562. The van der Waals surface area contributed by atoms with Crippen LogP contribution in [0.4, 0.5) is 5.69 Å². The molecule has 4 heteroatoms. The van der Waals surface area contributed by atoms with Gasteiger partial charge in [0, 0.05) is 18.3 Å². The van der Waals surface area contributed by atoms with Gasteiger partial charge in [-0.15, -0.1) is 0 Å². The van der Waals surface area contributed by atoms with Crippen molar-refractivity contribution in [3.05, 3.63) is 29.3 Å². The number of unbranched alkanes of at least 4 members (excludes halogenated alkanes) is 1. The number of nitrogens with zero attached hydrogens (tertiary/aromatic N) is 1. The average Bonchev–Trinajstić information content (AvgIpc) is 2.42. The summed E-state index contributed by atoms with van der Waals surface area (Å²) in [4.78, 5) is 13.7. The first-order valence-electron chi connectivity index (χ1n) is 7.35. The third kappa shape index (κ3) is 4.23. The number of hydrogen-bond acceptors (Lipinski definition) is 3. The van der Waals surface area contributed by atoms with Gasteiger partial charge in [-0.3, -0.25) is 4.90 Å². The van der Waals surface area contributed by atoms with Crippen LogP contribution >= 0.6 is 0 Å². The van der Waals surface area contributed by atoms with E-state index >= 15 is 0 Å². The summed E-state index contributed by atoms with van der Waals surface area (Å²) in [5.74, 6) is -0.947. The van der Waals surface area contributed by atoms with Gasteiger partial charge in [0.05, 0.1) is 5.56 Å². The van der Waals surface area contributed by atoms with E-state index in [4.69, 9.17) is 5.73 Å². The standard InChI is InChI=1S/C16H26N2O2/c1-4-6-10-18(12(3)5-2)11-13-8-7-9-14(17)15(13)16(19)20/h7-9,12H,4-6,10-11,17H2,1-3H3,(H,19,20). The SMILES string of the molecule is CCCCN(Cc1cccc(N)c1C(=O)O)C(C)CC. The van der Waals surface area contributed by atoms with Crippen LogP contribution in [0.15, 0.2) is 18.2 Å². The molecule has 1 atom stereocenters. The van der Waals surface area contributed by atoms with Crippen molar-refractivity contribution in [3.63, 3.8) is 0 Å².